The molecule has 1 rings (SSSR count). The van der Waals surface area contributed by atoms with Gasteiger partial charge in [0.15, 0.2) is 9.84 Å². The van der Waals surface area contributed by atoms with Crippen LogP contribution < -0.4 is 0 Å². The molecule has 0 atom stereocenters. The summed E-state index contributed by atoms with van der Waals surface area (Å²) in [4.78, 5) is -0.121. The van der Waals surface area contributed by atoms with Gasteiger partial charge in [-0.15, -0.1) is 0 Å². The first-order valence-electron chi connectivity index (χ1n) is 4.01. The molecule has 1 aromatic carbocycles. The van der Waals surface area contributed by atoms with Gasteiger partial charge < -0.3 is 0 Å². The van der Waals surface area contributed by atoms with Gasteiger partial charge in [-0.05, 0) is 12.1 Å². The minimum atomic E-state index is -3.86. The van der Waals surface area contributed by atoms with Crippen LogP contribution in [-0.2, 0) is 24.6 Å². The monoisotopic (exact) mass is 302 g/mol. The molecule has 0 bridgehead atoms. The van der Waals surface area contributed by atoms with Gasteiger partial charge in [0, 0.05) is 27.5 Å². The van der Waals surface area contributed by atoms with E-state index in [1.807, 2.05) is 0 Å². The first-order valence-corrected chi connectivity index (χ1v) is 8.76. The molecular formula is C8H8Cl2O4S2. The molecule has 0 spiro atoms. The number of benzene rings is 1. The third-order valence-corrected chi connectivity index (χ3v) is 4.29. The predicted octanol–water partition coefficient (Wildman–Crippen LogP) is 1.81. The highest BCUT2D eigenvalue weighted by molar-refractivity contribution is 8.13. The van der Waals surface area contributed by atoms with E-state index in [4.69, 9.17) is 22.3 Å². The Labute approximate surface area is 104 Å². The van der Waals surface area contributed by atoms with E-state index in [0.29, 0.717) is 0 Å². The van der Waals surface area contributed by atoms with E-state index in [0.717, 1.165) is 6.26 Å². The summed E-state index contributed by atoms with van der Waals surface area (Å²) in [5.41, 5.74) is 0.00154. The van der Waals surface area contributed by atoms with Crippen LogP contribution in [0.2, 0.25) is 5.02 Å². The fourth-order valence-electron chi connectivity index (χ4n) is 1.20. The lowest BCUT2D eigenvalue weighted by Crippen LogP contribution is -2.06. The van der Waals surface area contributed by atoms with Crippen molar-refractivity contribution in [1.82, 2.24) is 0 Å². The predicted molar refractivity (Wildman–Crippen MR) is 63.0 cm³/mol. The molecule has 8 heteroatoms. The molecule has 0 aliphatic rings. The minimum Gasteiger partial charge on any atom is -0.224 e. The quantitative estimate of drug-likeness (QED) is 0.799. The molecule has 0 saturated heterocycles. The molecule has 1 aromatic rings. The molecule has 0 heterocycles. The fraction of sp³-hybridized carbons (Fsp3) is 0.250. The molecular weight excluding hydrogens is 295 g/mol. The lowest BCUT2D eigenvalue weighted by atomic mass is 10.2. The van der Waals surface area contributed by atoms with E-state index >= 15 is 0 Å². The minimum absolute atomic E-state index is 0.00154. The van der Waals surface area contributed by atoms with E-state index in [2.05, 4.69) is 0 Å². The van der Waals surface area contributed by atoms with Gasteiger partial charge >= 0.3 is 0 Å². The summed E-state index contributed by atoms with van der Waals surface area (Å²) in [6, 6.07) is 4.13. The Bertz CT molecular complexity index is 605. The van der Waals surface area contributed by atoms with Crippen LogP contribution >= 0.6 is 22.3 Å². The molecule has 4 nitrogen and oxygen atoms in total. The van der Waals surface area contributed by atoms with Crippen LogP contribution in [-0.4, -0.2) is 23.1 Å². The van der Waals surface area contributed by atoms with Crippen molar-refractivity contribution in [3.8, 4) is 0 Å². The van der Waals surface area contributed by atoms with Crippen molar-refractivity contribution in [2.75, 3.05) is 6.26 Å². The van der Waals surface area contributed by atoms with Crippen LogP contribution in [0.1, 0.15) is 5.56 Å². The maximum absolute atomic E-state index is 11.4. The smallest absolute Gasteiger partial charge is 0.224 e. The molecule has 0 amide bonds. The van der Waals surface area contributed by atoms with Gasteiger partial charge in [0.25, 0.3) is 0 Å². The van der Waals surface area contributed by atoms with Gasteiger partial charge in [-0.2, -0.15) is 0 Å². The first kappa shape index (κ1) is 13.8. The zero-order chi connectivity index (χ0) is 12.6. The van der Waals surface area contributed by atoms with Crippen molar-refractivity contribution in [2.45, 2.75) is 10.6 Å². The van der Waals surface area contributed by atoms with Crippen LogP contribution in [0.25, 0.3) is 0 Å². The average molecular weight is 303 g/mol. The van der Waals surface area contributed by atoms with Gasteiger partial charge in [0.2, 0.25) is 9.05 Å². The number of hydrogen-bond donors (Lipinski definition) is 0. The average Bonchev–Trinajstić information content (AvgIpc) is 2.04. The van der Waals surface area contributed by atoms with E-state index in [1.54, 1.807) is 0 Å². The van der Waals surface area contributed by atoms with Crippen molar-refractivity contribution in [2.24, 2.45) is 0 Å². The highest BCUT2D eigenvalue weighted by atomic mass is 35.7. The number of rotatable bonds is 3. The van der Waals surface area contributed by atoms with Crippen molar-refractivity contribution in [1.29, 1.82) is 0 Å². The molecule has 0 unspecified atom stereocenters. The number of hydrogen-bond acceptors (Lipinski definition) is 4. The zero-order valence-corrected chi connectivity index (χ0v) is 11.3. The third kappa shape index (κ3) is 3.62. The van der Waals surface area contributed by atoms with Crippen LogP contribution in [0.3, 0.4) is 0 Å². The summed E-state index contributed by atoms with van der Waals surface area (Å²) in [6.45, 7) is 0. The van der Waals surface area contributed by atoms with Crippen LogP contribution in [0.4, 0.5) is 0 Å². The number of halogens is 2. The molecule has 0 fully saturated rings. The van der Waals surface area contributed by atoms with E-state index in [-0.39, 0.29) is 15.5 Å². The Morgan fingerprint density at radius 1 is 1.19 bits per heavy atom. The van der Waals surface area contributed by atoms with Gasteiger partial charge in [0.1, 0.15) is 0 Å². The highest BCUT2D eigenvalue weighted by Gasteiger charge is 2.20. The Hall–Kier alpha value is -0.300. The summed E-state index contributed by atoms with van der Waals surface area (Å²) < 4.78 is 44.7. The summed E-state index contributed by atoms with van der Waals surface area (Å²) in [5, 5.41) is 0.0622. The second-order valence-electron chi connectivity index (χ2n) is 3.17. The van der Waals surface area contributed by atoms with E-state index in [1.165, 1.54) is 18.2 Å². The second-order valence-corrected chi connectivity index (χ2v) is 8.34. The van der Waals surface area contributed by atoms with Gasteiger partial charge in [-0.25, -0.2) is 16.8 Å². The van der Waals surface area contributed by atoms with Crippen LogP contribution in [0.5, 0.6) is 0 Å². The summed E-state index contributed by atoms with van der Waals surface area (Å²) in [5.74, 6) is -0.614. The lowest BCUT2D eigenvalue weighted by molar-refractivity contribution is 0.600. The molecule has 16 heavy (non-hydrogen) atoms. The van der Waals surface area contributed by atoms with E-state index in [9.17, 15) is 16.8 Å². The zero-order valence-electron chi connectivity index (χ0n) is 8.14. The topological polar surface area (TPSA) is 68.3 Å². The summed E-state index contributed by atoms with van der Waals surface area (Å²) in [7, 11) is -2.31. The second kappa shape index (κ2) is 4.52. The van der Waals surface area contributed by atoms with Gasteiger partial charge in [-0.3, -0.25) is 0 Å². The normalized spacial score (nSPS) is 12.7. The van der Waals surface area contributed by atoms with Gasteiger partial charge in [0.05, 0.1) is 10.6 Å². The van der Waals surface area contributed by atoms with Crippen molar-refractivity contribution >= 4 is 41.2 Å². The first-order chi connectivity index (χ1) is 7.11. The molecule has 0 saturated carbocycles. The maximum atomic E-state index is 11.4. The number of sulfone groups is 1. The van der Waals surface area contributed by atoms with Crippen molar-refractivity contribution in [3.05, 3.63) is 28.8 Å². The van der Waals surface area contributed by atoms with Crippen molar-refractivity contribution < 1.29 is 16.8 Å². The largest absolute Gasteiger partial charge is 0.236 e. The highest BCUT2D eigenvalue weighted by Crippen LogP contribution is 2.26. The molecule has 0 N–H and O–H groups in total. The van der Waals surface area contributed by atoms with Crippen LogP contribution in [0, 0.1) is 0 Å². The summed E-state index contributed by atoms with van der Waals surface area (Å²) >= 11 is 5.75. The standard InChI is InChI=1S/C8H8Cl2O4S2/c1-15(11,12)8-4-2-3-7(9)6(8)5-16(10,13)14/h2-4H,5H2,1H3. The Morgan fingerprint density at radius 2 is 1.75 bits per heavy atom. The molecule has 90 valence electrons. The molecule has 0 aliphatic heterocycles. The Kier molecular flexibility index (Phi) is 3.89. The van der Waals surface area contributed by atoms with Gasteiger partial charge in [-0.1, -0.05) is 17.7 Å². The third-order valence-electron chi connectivity index (χ3n) is 1.79. The molecule has 0 radical (unpaired) electrons. The maximum Gasteiger partial charge on any atom is 0.236 e. The molecule has 0 aromatic heterocycles. The molecule has 0 aliphatic carbocycles. The SMILES string of the molecule is CS(=O)(=O)c1cccc(Cl)c1CS(=O)(=O)Cl. The fourth-order valence-corrected chi connectivity index (χ4v) is 3.61. The Balaban J connectivity index is 3.48. The Morgan fingerprint density at radius 3 is 2.19 bits per heavy atom. The van der Waals surface area contributed by atoms with Crippen molar-refractivity contribution in [3.63, 3.8) is 0 Å². The van der Waals surface area contributed by atoms with E-state index < -0.39 is 24.6 Å². The van der Waals surface area contributed by atoms with Crippen LogP contribution in [0.15, 0.2) is 23.1 Å². The summed E-state index contributed by atoms with van der Waals surface area (Å²) in [6.07, 6.45) is 0.975. The lowest BCUT2D eigenvalue weighted by Gasteiger charge is -2.07.